The van der Waals surface area contributed by atoms with Gasteiger partial charge in [0.2, 0.25) is 0 Å². The molecule has 0 aliphatic heterocycles. The van der Waals surface area contributed by atoms with Gasteiger partial charge in [-0.1, -0.05) is 0 Å². The molecular formula is C23H19N3O5. The normalized spacial score (nSPS) is 10.1. The maximum atomic E-state index is 12.4. The van der Waals surface area contributed by atoms with Crippen molar-refractivity contribution in [2.75, 3.05) is 17.7 Å². The van der Waals surface area contributed by atoms with E-state index in [4.69, 9.17) is 0 Å². The number of anilines is 2. The zero-order valence-electron chi connectivity index (χ0n) is 16.8. The molecule has 0 aliphatic carbocycles. The number of ether oxygens (including phenoxy) is 1. The molecule has 8 nitrogen and oxygen atoms in total. The van der Waals surface area contributed by atoms with Crippen LogP contribution in [0.25, 0.3) is 0 Å². The van der Waals surface area contributed by atoms with Crippen LogP contribution in [0.15, 0.2) is 66.9 Å². The first-order valence-corrected chi connectivity index (χ1v) is 9.25. The Hall–Kier alpha value is -4.33. The molecule has 1 aromatic heterocycles. The van der Waals surface area contributed by atoms with Crippen molar-refractivity contribution >= 4 is 34.9 Å². The zero-order chi connectivity index (χ0) is 22.4. The van der Waals surface area contributed by atoms with Gasteiger partial charge in [0.1, 0.15) is 5.69 Å². The predicted molar refractivity (Wildman–Crippen MR) is 114 cm³/mol. The van der Waals surface area contributed by atoms with Crippen LogP contribution in [0.5, 0.6) is 0 Å². The van der Waals surface area contributed by atoms with Crippen molar-refractivity contribution in [1.82, 2.24) is 4.98 Å². The maximum absolute atomic E-state index is 12.4. The lowest BCUT2D eigenvalue weighted by Crippen LogP contribution is -2.16. The molecular weight excluding hydrogens is 398 g/mol. The number of ketones is 1. The van der Waals surface area contributed by atoms with Gasteiger partial charge in [0, 0.05) is 23.1 Å². The molecule has 8 heteroatoms. The number of aromatic nitrogens is 1. The van der Waals surface area contributed by atoms with Crippen molar-refractivity contribution in [3.05, 3.63) is 89.2 Å². The maximum Gasteiger partial charge on any atom is 0.337 e. The van der Waals surface area contributed by atoms with Crippen LogP contribution in [-0.2, 0) is 4.74 Å². The number of benzene rings is 2. The highest BCUT2D eigenvalue weighted by Crippen LogP contribution is 2.14. The van der Waals surface area contributed by atoms with Crippen LogP contribution >= 0.6 is 0 Å². The molecule has 2 aromatic carbocycles. The first-order chi connectivity index (χ1) is 14.9. The molecule has 0 saturated carbocycles. The number of carbonyl (C=O) groups excluding carboxylic acids is 4. The highest BCUT2D eigenvalue weighted by atomic mass is 16.5. The number of hydrogen-bond acceptors (Lipinski definition) is 6. The van der Waals surface area contributed by atoms with Crippen LogP contribution in [0.4, 0.5) is 11.4 Å². The minimum Gasteiger partial charge on any atom is -0.465 e. The largest absolute Gasteiger partial charge is 0.465 e. The minimum absolute atomic E-state index is 0.0599. The predicted octanol–water partition coefficient (Wildman–Crippen LogP) is 3.58. The molecule has 156 valence electrons. The standard InChI is InChI=1S/C23H19N3O5/c1-14(27)15-3-8-18(9-4-15)25-21(28)17-7-12-20(24-13-17)22(29)26-19-10-5-16(6-11-19)23(30)31-2/h3-13H,1-2H3,(H,25,28)(H,26,29). The number of carbonyl (C=O) groups is 4. The van der Waals surface area contributed by atoms with Gasteiger partial charge in [0.05, 0.1) is 18.2 Å². The third-order valence-corrected chi connectivity index (χ3v) is 4.37. The summed E-state index contributed by atoms with van der Waals surface area (Å²) in [6.07, 6.45) is 1.30. The Morgan fingerprint density at radius 3 is 1.71 bits per heavy atom. The lowest BCUT2D eigenvalue weighted by Gasteiger charge is -2.08. The van der Waals surface area contributed by atoms with E-state index in [2.05, 4.69) is 20.4 Å². The molecule has 0 unspecified atom stereocenters. The summed E-state index contributed by atoms with van der Waals surface area (Å²) in [7, 11) is 1.29. The van der Waals surface area contributed by atoms with E-state index in [0.717, 1.165) is 0 Å². The quantitative estimate of drug-likeness (QED) is 0.468. The second-order valence-corrected chi connectivity index (χ2v) is 6.54. The van der Waals surface area contributed by atoms with Crippen LogP contribution < -0.4 is 10.6 Å². The molecule has 0 atom stereocenters. The monoisotopic (exact) mass is 417 g/mol. The van der Waals surface area contributed by atoms with E-state index in [1.54, 1.807) is 36.4 Å². The van der Waals surface area contributed by atoms with Crippen molar-refractivity contribution in [1.29, 1.82) is 0 Å². The Balaban J connectivity index is 1.62. The van der Waals surface area contributed by atoms with Crippen LogP contribution in [0.2, 0.25) is 0 Å². The number of amides is 2. The third-order valence-electron chi connectivity index (χ3n) is 4.37. The summed E-state index contributed by atoms with van der Waals surface area (Å²) in [5.74, 6) is -1.38. The van der Waals surface area contributed by atoms with Crippen LogP contribution in [0.3, 0.4) is 0 Å². The minimum atomic E-state index is -0.469. The number of methoxy groups -OCH3 is 1. The number of Topliss-reactive ketones (excluding diaryl/α,β-unsaturated/α-hetero) is 1. The number of esters is 1. The average Bonchev–Trinajstić information content (AvgIpc) is 2.79. The molecule has 0 radical (unpaired) electrons. The first-order valence-electron chi connectivity index (χ1n) is 9.25. The average molecular weight is 417 g/mol. The lowest BCUT2D eigenvalue weighted by molar-refractivity contribution is 0.0600. The summed E-state index contributed by atoms with van der Waals surface area (Å²) in [4.78, 5) is 51.5. The zero-order valence-corrected chi connectivity index (χ0v) is 16.8. The Bertz CT molecular complexity index is 1120. The third kappa shape index (κ3) is 5.39. The topological polar surface area (TPSA) is 114 Å². The van der Waals surface area contributed by atoms with Crippen molar-refractivity contribution < 1.29 is 23.9 Å². The van der Waals surface area contributed by atoms with E-state index >= 15 is 0 Å². The Morgan fingerprint density at radius 1 is 0.710 bits per heavy atom. The van der Waals surface area contributed by atoms with E-state index in [-0.39, 0.29) is 17.0 Å². The van der Waals surface area contributed by atoms with E-state index in [0.29, 0.717) is 22.5 Å². The number of hydrogen-bond donors (Lipinski definition) is 2. The Kier molecular flexibility index (Phi) is 6.51. The number of nitrogens with zero attached hydrogens (tertiary/aromatic N) is 1. The van der Waals surface area contributed by atoms with E-state index in [9.17, 15) is 19.2 Å². The number of nitrogens with one attached hydrogen (secondary N) is 2. The molecule has 31 heavy (non-hydrogen) atoms. The van der Waals surface area contributed by atoms with Crippen molar-refractivity contribution in [3.8, 4) is 0 Å². The fraction of sp³-hybridized carbons (Fsp3) is 0.0870. The van der Waals surface area contributed by atoms with Crippen LogP contribution in [-0.4, -0.2) is 35.7 Å². The molecule has 1 heterocycles. The smallest absolute Gasteiger partial charge is 0.337 e. The van der Waals surface area contributed by atoms with E-state index < -0.39 is 17.8 Å². The van der Waals surface area contributed by atoms with Gasteiger partial charge in [-0.2, -0.15) is 0 Å². The van der Waals surface area contributed by atoms with Crippen LogP contribution in [0.1, 0.15) is 48.5 Å². The van der Waals surface area contributed by atoms with Gasteiger partial charge >= 0.3 is 5.97 Å². The van der Waals surface area contributed by atoms with Gasteiger partial charge in [-0.25, -0.2) is 4.79 Å². The lowest BCUT2D eigenvalue weighted by atomic mass is 10.1. The highest BCUT2D eigenvalue weighted by Gasteiger charge is 2.12. The van der Waals surface area contributed by atoms with Gasteiger partial charge in [0.25, 0.3) is 11.8 Å². The molecule has 3 rings (SSSR count). The Labute approximate surface area is 178 Å². The SMILES string of the molecule is COC(=O)c1ccc(NC(=O)c2ccc(C(=O)Nc3ccc(C(C)=O)cc3)cn2)cc1. The van der Waals surface area contributed by atoms with Crippen LogP contribution in [0, 0.1) is 0 Å². The summed E-state index contributed by atoms with van der Waals surface area (Å²) in [5.41, 5.74) is 2.33. The number of pyridine rings is 1. The molecule has 2 N–H and O–H groups in total. The van der Waals surface area contributed by atoms with Gasteiger partial charge < -0.3 is 15.4 Å². The summed E-state index contributed by atoms with van der Waals surface area (Å²) >= 11 is 0. The van der Waals surface area contributed by atoms with E-state index in [1.807, 2.05) is 0 Å². The van der Waals surface area contributed by atoms with Gasteiger partial charge in [-0.05, 0) is 67.6 Å². The first kappa shape index (κ1) is 21.4. The molecule has 2 amide bonds. The van der Waals surface area contributed by atoms with Gasteiger partial charge in [-0.3, -0.25) is 19.4 Å². The molecule has 0 aliphatic rings. The van der Waals surface area contributed by atoms with Gasteiger partial charge in [0.15, 0.2) is 5.78 Å². The fourth-order valence-corrected chi connectivity index (χ4v) is 2.66. The molecule has 0 saturated heterocycles. The molecule has 0 spiro atoms. The number of rotatable bonds is 6. The highest BCUT2D eigenvalue weighted by molar-refractivity contribution is 6.06. The van der Waals surface area contributed by atoms with Crippen molar-refractivity contribution in [3.63, 3.8) is 0 Å². The molecule has 3 aromatic rings. The summed E-state index contributed by atoms with van der Waals surface area (Å²) < 4.78 is 4.63. The molecule has 0 bridgehead atoms. The summed E-state index contributed by atoms with van der Waals surface area (Å²) in [6.45, 7) is 1.47. The van der Waals surface area contributed by atoms with Crippen molar-refractivity contribution in [2.24, 2.45) is 0 Å². The van der Waals surface area contributed by atoms with E-state index in [1.165, 1.54) is 44.5 Å². The second-order valence-electron chi connectivity index (χ2n) is 6.54. The second kappa shape index (κ2) is 9.45. The summed E-state index contributed by atoms with van der Waals surface area (Å²) in [6, 6.07) is 15.7. The van der Waals surface area contributed by atoms with Gasteiger partial charge in [-0.15, -0.1) is 0 Å². The fourth-order valence-electron chi connectivity index (χ4n) is 2.66. The van der Waals surface area contributed by atoms with Crippen molar-refractivity contribution in [2.45, 2.75) is 6.92 Å². The Morgan fingerprint density at radius 2 is 1.23 bits per heavy atom. The summed E-state index contributed by atoms with van der Waals surface area (Å²) in [5, 5.41) is 5.37. The molecule has 0 fully saturated rings.